The molecule has 0 aliphatic carbocycles. The van der Waals surface area contributed by atoms with E-state index in [0.717, 1.165) is 29.3 Å². The molecule has 3 N–H and O–H groups in total. The zero-order valence-corrected chi connectivity index (χ0v) is 20.0. The Morgan fingerprint density at radius 2 is 1.90 bits per heavy atom. The van der Waals surface area contributed by atoms with Crippen molar-refractivity contribution in [2.45, 2.75) is 38.5 Å². The molecule has 30 heavy (non-hydrogen) atoms. The number of carbonyl (C=O) groups is 1. The Morgan fingerprint density at radius 1 is 1.20 bits per heavy atom. The molecule has 162 valence electrons. The zero-order valence-electron chi connectivity index (χ0n) is 17.7. The number of hydrogen-bond donors (Lipinski definition) is 3. The van der Waals surface area contributed by atoms with Crippen LogP contribution >= 0.6 is 24.0 Å². The van der Waals surface area contributed by atoms with Gasteiger partial charge < -0.3 is 20.1 Å². The number of ether oxygens (including phenoxy) is 2. The number of anilines is 1. The van der Waals surface area contributed by atoms with Gasteiger partial charge in [-0.2, -0.15) is 0 Å². The van der Waals surface area contributed by atoms with Crippen molar-refractivity contribution in [3.05, 3.63) is 59.7 Å². The van der Waals surface area contributed by atoms with E-state index in [1.165, 1.54) is 7.11 Å². The molecule has 8 heteroatoms. The third-order valence-corrected chi connectivity index (χ3v) is 4.76. The normalized spacial score (nSPS) is 16.9. The Bertz CT molecular complexity index is 884. The van der Waals surface area contributed by atoms with Gasteiger partial charge in [-0.25, -0.2) is 4.79 Å². The van der Waals surface area contributed by atoms with Crippen LogP contribution in [0.4, 0.5) is 10.5 Å². The second-order valence-electron chi connectivity index (χ2n) is 7.54. The number of carbonyl (C=O) groups excluding carboxylic acids is 1. The van der Waals surface area contributed by atoms with Gasteiger partial charge >= 0.3 is 6.09 Å². The summed E-state index contributed by atoms with van der Waals surface area (Å²) in [4.78, 5) is 15.6. The topological polar surface area (TPSA) is 84.0 Å². The molecule has 1 atom stereocenters. The molecule has 1 amide bonds. The van der Waals surface area contributed by atoms with Crippen molar-refractivity contribution in [2.24, 2.45) is 4.99 Å². The van der Waals surface area contributed by atoms with Gasteiger partial charge in [-0.1, -0.05) is 30.3 Å². The summed E-state index contributed by atoms with van der Waals surface area (Å²) in [5.74, 6) is 1.63. The molecule has 7 nitrogen and oxygen atoms in total. The van der Waals surface area contributed by atoms with Crippen LogP contribution in [0.15, 0.2) is 53.5 Å². The summed E-state index contributed by atoms with van der Waals surface area (Å²) in [7, 11) is 3.10. The maximum absolute atomic E-state index is 11.3. The molecule has 0 bridgehead atoms. The van der Waals surface area contributed by atoms with E-state index in [2.05, 4.69) is 45.6 Å². The number of amides is 1. The highest BCUT2D eigenvalue weighted by atomic mass is 127. The van der Waals surface area contributed by atoms with Crippen LogP contribution in [0.2, 0.25) is 0 Å². The largest absolute Gasteiger partial charge is 0.487 e. The molecule has 1 heterocycles. The lowest BCUT2D eigenvalue weighted by molar-refractivity contribution is 0.0694. The van der Waals surface area contributed by atoms with E-state index >= 15 is 0 Å². The summed E-state index contributed by atoms with van der Waals surface area (Å²) in [6.45, 7) is 4.79. The summed E-state index contributed by atoms with van der Waals surface area (Å²) in [5.41, 5.74) is 2.63. The highest BCUT2D eigenvalue weighted by Gasteiger charge is 2.33. The average Bonchev–Trinajstić information content (AvgIpc) is 2.71. The molecule has 3 rings (SSSR count). The quantitative estimate of drug-likeness (QED) is 0.313. The van der Waals surface area contributed by atoms with E-state index < -0.39 is 6.09 Å². The monoisotopic (exact) mass is 524 g/mol. The predicted octanol–water partition coefficient (Wildman–Crippen LogP) is 4.45. The summed E-state index contributed by atoms with van der Waals surface area (Å²) >= 11 is 0. The van der Waals surface area contributed by atoms with E-state index in [1.807, 2.05) is 42.5 Å². The number of hydrogen-bond acceptors (Lipinski definition) is 4. The minimum absolute atomic E-state index is 0. The average molecular weight is 524 g/mol. The van der Waals surface area contributed by atoms with Gasteiger partial charge in [-0.15, -0.1) is 24.0 Å². The predicted molar refractivity (Wildman–Crippen MR) is 130 cm³/mol. The molecule has 0 saturated carbocycles. The van der Waals surface area contributed by atoms with Gasteiger partial charge in [0, 0.05) is 31.3 Å². The summed E-state index contributed by atoms with van der Waals surface area (Å²) in [6.07, 6.45) is 0.346. The maximum Gasteiger partial charge on any atom is 0.411 e. The Morgan fingerprint density at radius 3 is 2.57 bits per heavy atom. The lowest BCUT2D eigenvalue weighted by Gasteiger charge is -2.38. The summed E-state index contributed by atoms with van der Waals surface area (Å²) < 4.78 is 10.7. The number of methoxy groups -OCH3 is 1. The van der Waals surface area contributed by atoms with Gasteiger partial charge in [0.15, 0.2) is 5.96 Å². The van der Waals surface area contributed by atoms with Crippen LogP contribution in [-0.4, -0.2) is 31.8 Å². The Balaban J connectivity index is 0.00000320. The molecule has 0 fully saturated rings. The van der Waals surface area contributed by atoms with Crippen LogP contribution in [0.3, 0.4) is 0 Å². The van der Waals surface area contributed by atoms with Crippen molar-refractivity contribution in [1.29, 1.82) is 0 Å². The van der Waals surface area contributed by atoms with Crippen LogP contribution in [0.1, 0.15) is 37.4 Å². The van der Waals surface area contributed by atoms with Gasteiger partial charge in [-0.05, 0) is 37.6 Å². The molecule has 0 saturated heterocycles. The van der Waals surface area contributed by atoms with Crippen LogP contribution in [0.5, 0.6) is 5.75 Å². The van der Waals surface area contributed by atoms with Crippen LogP contribution in [0, 0.1) is 0 Å². The van der Waals surface area contributed by atoms with E-state index in [0.29, 0.717) is 12.2 Å². The second kappa shape index (κ2) is 10.5. The Kier molecular flexibility index (Phi) is 8.33. The number of halogens is 1. The van der Waals surface area contributed by atoms with Gasteiger partial charge in [-0.3, -0.25) is 10.3 Å². The number of nitrogens with zero attached hydrogens (tertiary/aromatic N) is 1. The zero-order chi connectivity index (χ0) is 20.9. The molecule has 0 radical (unpaired) electrons. The van der Waals surface area contributed by atoms with Crippen LogP contribution in [0.25, 0.3) is 0 Å². The van der Waals surface area contributed by atoms with Crippen molar-refractivity contribution in [2.75, 3.05) is 19.5 Å². The van der Waals surface area contributed by atoms with Gasteiger partial charge in [0.05, 0.1) is 13.2 Å². The highest BCUT2D eigenvalue weighted by molar-refractivity contribution is 14.0. The molecule has 0 aromatic heterocycles. The molecular formula is C22H29IN4O3. The first kappa shape index (κ1) is 23.8. The van der Waals surface area contributed by atoms with Crippen LogP contribution in [-0.2, 0) is 11.3 Å². The second-order valence-corrected chi connectivity index (χ2v) is 7.54. The third kappa shape index (κ3) is 6.25. The van der Waals surface area contributed by atoms with Crippen molar-refractivity contribution in [1.82, 2.24) is 10.6 Å². The number of fused-ring (bicyclic) bond motifs is 1. The number of para-hydroxylation sites is 1. The van der Waals surface area contributed by atoms with Crippen molar-refractivity contribution in [3.8, 4) is 5.75 Å². The molecule has 1 unspecified atom stereocenters. The fraction of sp³-hybridized carbons (Fsp3) is 0.364. The van der Waals surface area contributed by atoms with Gasteiger partial charge in [0.1, 0.15) is 11.4 Å². The summed E-state index contributed by atoms with van der Waals surface area (Å²) in [6, 6.07) is 15.8. The van der Waals surface area contributed by atoms with E-state index in [4.69, 9.17) is 4.74 Å². The molecule has 1 aliphatic rings. The first-order valence-corrected chi connectivity index (χ1v) is 9.59. The molecular weight excluding hydrogens is 495 g/mol. The molecule has 0 spiro atoms. The van der Waals surface area contributed by atoms with E-state index in [9.17, 15) is 4.79 Å². The fourth-order valence-corrected chi connectivity index (χ4v) is 3.35. The molecule has 2 aromatic rings. The standard InChI is InChI=1S/C22H28N4O3.HI/c1-22(2)13-18(17-7-5-6-8-19(17)29-22)26-20(23-3)24-14-15-9-11-16(12-10-15)25-21(27)28-4;/h5-12,18H,13-14H2,1-4H3,(H,25,27)(H2,23,24,26);1H. The Labute approximate surface area is 194 Å². The van der Waals surface area contributed by atoms with Crippen molar-refractivity contribution in [3.63, 3.8) is 0 Å². The number of guanidine groups is 1. The van der Waals surface area contributed by atoms with E-state index in [-0.39, 0.29) is 35.6 Å². The third-order valence-electron chi connectivity index (χ3n) is 4.76. The van der Waals surface area contributed by atoms with E-state index in [1.54, 1.807) is 7.05 Å². The van der Waals surface area contributed by atoms with Gasteiger partial charge in [0.2, 0.25) is 0 Å². The first-order chi connectivity index (χ1) is 13.9. The SMILES string of the molecule is CN=C(NCc1ccc(NC(=O)OC)cc1)NC1CC(C)(C)Oc2ccccc21.I. The van der Waals surface area contributed by atoms with Crippen molar-refractivity contribution < 1.29 is 14.3 Å². The van der Waals surface area contributed by atoms with Crippen molar-refractivity contribution >= 4 is 41.7 Å². The number of nitrogens with one attached hydrogen (secondary N) is 3. The lowest BCUT2D eigenvalue weighted by Crippen LogP contribution is -2.45. The Hall–Kier alpha value is -2.49. The first-order valence-electron chi connectivity index (χ1n) is 9.59. The number of rotatable bonds is 4. The van der Waals surface area contributed by atoms with Gasteiger partial charge in [0.25, 0.3) is 0 Å². The minimum Gasteiger partial charge on any atom is -0.487 e. The fourth-order valence-electron chi connectivity index (χ4n) is 3.35. The highest BCUT2D eigenvalue weighted by Crippen LogP contribution is 2.39. The minimum atomic E-state index is -0.486. The van der Waals surface area contributed by atoms with Crippen LogP contribution < -0.4 is 20.7 Å². The number of benzene rings is 2. The maximum atomic E-state index is 11.3. The number of aliphatic imine (C=N–C) groups is 1. The molecule has 2 aromatic carbocycles. The summed E-state index contributed by atoms with van der Waals surface area (Å²) in [5, 5.41) is 9.50. The lowest BCUT2D eigenvalue weighted by atomic mass is 9.90. The smallest absolute Gasteiger partial charge is 0.411 e. The molecule has 1 aliphatic heterocycles.